The average molecular weight is 1140 g/mol. The smallest absolute Gasteiger partial charge is 0.333 e. The lowest BCUT2D eigenvalue weighted by atomic mass is 9.50. The second-order valence-corrected chi connectivity index (χ2v) is 32.7. The predicted molar refractivity (Wildman–Crippen MR) is 301 cm³/mol. The molecular formula is C68H95FO13. The third kappa shape index (κ3) is 10.4. The van der Waals surface area contributed by atoms with Crippen LogP contribution in [0.3, 0.4) is 0 Å². The number of carbonyl (C=O) groups is 5. The molecule has 0 aromatic heterocycles. The number of aliphatic hydroxyl groups is 1. The summed E-state index contributed by atoms with van der Waals surface area (Å²) in [7, 11) is 0. The van der Waals surface area contributed by atoms with Crippen LogP contribution in [0.4, 0.5) is 4.70 Å². The number of carbonyl (C=O) groups excluding carboxylic acids is 5. The largest absolute Gasteiger partial charge is 0.465 e. The van der Waals surface area contributed by atoms with E-state index >= 15 is 0 Å². The molecule has 0 amide bonds. The number of esters is 4. The minimum atomic E-state index is -0.490. The predicted octanol–water partition coefficient (Wildman–Crippen LogP) is 12.1. The molecule has 0 aromatic rings. The fourth-order valence-electron chi connectivity index (χ4n) is 24.3. The molecule has 20 saturated carbocycles. The highest BCUT2D eigenvalue weighted by Crippen LogP contribution is 2.68. The van der Waals surface area contributed by atoms with Crippen LogP contribution in [0.15, 0.2) is 36.5 Å². The molecule has 21 fully saturated rings. The van der Waals surface area contributed by atoms with Crippen molar-refractivity contribution in [3.8, 4) is 0 Å². The molecule has 21 aliphatic rings. The summed E-state index contributed by atoms with van der Waals surface area (Å²) in [6, 6.07) is 0. The molecule has 13 nitrogen and oxygen atoms in total. The zero-order valence-corrected chi connectivity index (χ0v) is 49.9. The van der Waals surface area contributed by atoms with Gasteiger partial charge in [-0.3, -0.25) is 14.3 Å². The standard InChI is InChI=1S/C24H34O4.C24H32O4.C20H28O5.FH/c1-15(2)20(25)27-22-7-18-4-19(8-22)12-24(11-18,14-22)28-23-9-16-3-17(10-23)6-21(26,5-16)13-23;1-14(2)21(26)27-23-7-16-3-17(8-23)10-24(9-16,13-23)28-22-6-15-4-18(11-22)20(25)19(5-15)12-22;1-13(2)17(22)24-19-7-14-6-15(8-19)10-20(9-14,12-19)25-18(3)4-5-23-16(21)11-18;/h16-19,26H,1,3-14H2,2H3;15-19H,1,3-13H2,2H3;14-15H,1,4-12H2,2-3H3;1H. The summed E-state index contributed by atoms with van der Waals surface area (Å²) in [6.07, 6.45) is 31.1. The number of hydrogen-bond acceptors (Lipinski definition) is 13. The third-order valence-corrected chi connectivity index (χ3v) is 24.5. The van der Waals surface area contributed by atoms with E-state index in [1.807, 2.05) is 6.92 Å². The summed E-state index contributed by atoms with van der Waals surface area (Å²) in [4.78, 5) is 61.3. The third-order valence-electron chi connectivity index (χ3n) is 24.5. The van der Waals surface area contributed by atoms with Gasteiger partial charge in [-0.15, -0.1) is 0 Å². The molecule has 11 unspecified atom stereocenters. The first kappa shape index (κ1) is 57.6. The Morgan fingerprint density at radius 2 is 0.756 bits per heavy atom. The van der Waals surface area contributed by atoms with E-state index < -0.39 is 16.8 Å². The van der Waals surface area contributed by atoms with Crippen molar-refractivity contribution in [2.45, 2.75) is 283 Å². The second kappa shape index (κ2) is 19.5. The van der Waals surface area contributed by atoms with Gasteiger partial charge in [0.2, 0.25) is 0 Å². The first-order valence-electron chi connectivity index (χ1n) is 32.3. The minimum Gasteiger partial charge on any atom is -0.465 e. The Hall–Kier alpha value is -3.46. The lowest BCUT2D eigenvalue weighted by Crippen LogP contribution is -2.67. The average Bonchev–Trinajstić information content (AvgIpc) is 1.01. The van der Waals surface area contributed by atoms with Gasteiger partial charge in [-0.2, -0.15) is 0 Å². The van der Waals surface area contributed by atoms with Crippen molar-refractivity contribution >= 4 is 29.7 Å². The molecular weight excluding hydrogens is 1040 g/mol. The van der Waals surface area contributed by atoms with Gasteiger partial charge in [-0.05, 0) is 241 Å². The molecule has 20 aliphatic carbocycles. The number of ketones is 1. The van der Waals surface area contributed by atoms with Gasteiger partial charge < -0.3 is 38.3 Å². The van der Waals surface area contributed by atoms with Gasteiger partial charge in [0.25, 0.3) is 0 Å². The quantitative estimate of drug-likeness (QED) is 0.111. The van der Waals surface area contributed by atoms with Crippen LogP contribution in [-0.2, 0) is 57.1 Å². The molecule has 21 rings (SSSR count). The van der Waals surface area contributed by atoms with E-state index in [4.69, 9.17) is 33.2 Å². The van der Waals surface area contributed by atoms with Gasteiger partial charge in [0.05, 0.1) is 52.2 Å². The number of ether oxygens (including phenoxy) is 7. The summed E-state index contributed by atoms with van der Waals surface area (Å²) in [6.45, 7) is 18.9. The van der Waals surface area contributed by atoms with Gasteiger partial charge in [-0.25, -0.2) is 14.4 Å². The number of hydrogen-bond donors (Lipinski definition) is 1. The fourth-order valence-corrected chi connectivity index (χ4v) is 24.3. The Bertz CT molecular complexity index is 2630. The summed E-state index contributed by atoms with van der Waals surface area (Å²) < 4.78 is 44.4. The highest BCUT2D eigenvalue weighted by atomic mass is 19.0. The monoisotopic (exact) mass is 1140 g/mol. The molecule has 1 saturated heterocycles. The Kier molecular flexibility index (Phi) is 13.7. The van der Waals surface area contributed by atoms with E-state index in [2.05, 4.69) is 19.7 Å². The molecule has 1 N–H and O–H groups in total. The van der Waals surface area contributed by atoms with Crippen LogP contribution >= 0.6 is 0 Å². The maximum Gasteiger partial charge on any atom is 0.333 e. The zero-order chi connectivity index (χ0) is 56.5. The number of cyclic esters (lactones) is 1. The van der Waals surface area contributed by atoms with Gasteiger partial charge in [-0.1, -0.05) is 19.7 Å². The molecule has 11 atom stereocenters. The number of Topliss-reactive ketones (excluding diaryl/α,β-unsaturated/α-hetero) is 1. The number of rotatable bonds is 12. The maximum atomic E-state index is 12.6. The molecule has 20 bridgehead atoms. The van der Waals surface area contributed by atoms with Crippen LogP contribution in [-0.4, -0.2) is 97.4 Å². The molecule has 82 heavy (non-hydrogen) atoms. The van der Waals surface area contributed by atoms with Crippen LogP contribution in [0.25, 0.3) is 0 Å². The van der Waals surface area contributed by atoms with Crippen molar-refractivity contribution in [3.63, 3.8) is 0 Å². The molecule has 452 valence electrons. The summed E-state index contributed by atoms with van der Waals surface area (Å²) in [5, 5.41) is 11.2. The van der Waals surface area contributed by atoms with Crippen LogP contribution in [0, 0.1) is 65.1 Å². The Morgan fingerprint density at radius 3 is 1.11 bits per heavy atom. The first-order chi connectivity index (χ1) is 38.1. The van der Waals surface area contributed by atoms with E-state index in [1.54, 1.807) is 20.8 Å². The molecule has 0 radical (unpaired) electrons. The van der Waals surface area contributed by atoms with E-state index in [0.29, 0.717) is 88.8 Å². The highest BCUT2D eigenvalue weighted by molar-refractivity contribution is 5.88. The first-order valence-corrected chi connectivity index (χ1v) is 32.3. The van der Waals surface area contributed by atoms with Crippen molar-refractivity contribution in [2.75, 3.05) is 6.61 Å². The Balaban J connectivity index is 0.000000115. The van der Waals surface area contributed by atoms with Gasteiger partial charge >= 0.3 is 23.9 Å². The summed E-state index contributed by atoms with van der Waals surface area (Å²) in [5.74, 6) is 5.53. The van der Waals surface area contributed by atoms with E-state index in [9.17, 15) is 29.1 Å². The molecule has 0 aromatic carbocycles. The van der Waals surface area contributed by atoms with E-state index in [0.717, 1.165) is 167 Å². The Morgan fingerprint density at radius 1 is 0.439 bits per heavy atom. The van der Waals surface area contributed by atoms with E-state index in [-0.39, 0.29) is 79.6 Å². The van der Waals surface area contributed by atoms with Crippen molar-refractivity contribution < 1.29 is 66.9 Å². The van der Waals surface area contributed by atoms with Crippen LogP contribution in [0.1, 0.15) is 227 Å². The second-order valence-electron chi connectivity index (χ2n) is 32.7. The van der Waals surface area contributed by atoms with Crippen molar-refractivity contribution in [2.24, 2.45) is 65.1 Å². The SMILES string of the molecule is C=C(C)C(=O)OC12CC3CC(C1)CC(OC1(C)CCOC(=O)C1)(C3)C2.C=C(C)C(=O)OC12CC3CC(C1)CC(OC14CC5CC(C1)C(=O)C(C5)C4)(C3)C2.C=C(C)C(=O)OC12CC3CC(C1)CC(OC14CC5CC(CC(O)(C5)C1)C4)(C3)C2.F. The molecule has 1 heterocycles. The highest BCUT2D eigenvalue weighted by Gasteiger charge is 2.68. The van der Waals surface area contributed by atoms with Gasteiger partial charge in [0, 0.05) is 60.7 Å². The normalized spacial score (nSPS) is 50.8. The van der Waals surface area contributed by atoms with Crippen LogP contribution < -0.4 is 0 Å². The van der Waals surface area contributed by atoms with Gasteiger partial charge in [0.1, 0.15) is 22.6 Å². The van der Waals surface area contributed by atoms with Crippen LogP contribution in [0.2, 0.25) is 0 Å². The number of halogens is 1. The lowest BCUT2D eigenvalue weighted by Gasteiger charge is -2.66. The minimum absolute atomic E-state index is 0. The van der Waals surface area contributed by atoms with Crippen molar-refractivity contribution in [3.05, 3.63) is 36.5 Å². The van der Waals surface area contributed by atoms with Gasteiger partial charge in [0.15, 0.2) is 0 Å². The van der Waals surface area contributed by atoms with Crippen LogP contribution in [0.5, 0.6) is 0 Å². The summed E-state index contributed by atoms with van der Waals surface area (Å²) >= 11 is 0. The van der Waals surface area contributed by atoms with Crippen molar-refractivity contribution in [1.82, 2.24) is 0 Å². The molecule has 0 spiro atoms. The molecule has 14 heteroatoms. The topological polar surface area (TPSA) is 170 Å². The lowest BCUT2D eigenvalue weighted by molar-refractivity contribution is -0.305. The maximum absolute atomic E-state index is 12.6. The fraction of sp³-hybridized carbons (Fsp3) is 0.838. The van der Waals surface area contributed by atoms with Crippen molar-refractivity contribution in [1.29, 1.82) is 0 Å². The zero-order valence-electron chi connectivity index (χ0n) is 49.9. The summed E-state index contributed by atoms with van der Waals surface area (Å²) in [5.41, 5.74) is -1.42. The Labute approximate surface area is 485 Å². The molecule has 1 aliphatic heterocycles. The van der Waals surface area contributed by atoms with E-state index in [1.165, 1.54) is 25.7 Å².